The zero-order valence-electron chi connectivity index (χ0n) is 12.1. The summed E-state index contributed by atoms with van der Waals surface area (Å²) in [4.78, 5) is 0. The van der Waals surface area contributed by atoms with Crippen LogP contribution in [0, 0.1) is 0 Å². The summed E-state index contributed by atoms with van der Waals surface area (Å²) in [7, 11) is 0. The highest BCUT2D eigenvalue weighted by Crippen LogP contribution is 2.32. The Labute approximate surface area is 116 Å². The highest BCUT2D eigenvalue weighted by molar-refractivity contribution is 6.31. The van der Waals surface area contributed by atoms with E-state index < -0.39 is 0 Å². The average molecular weight is 272 g/mol. The van der Waals surface area contributed by atoms with Gasteiger partial charge in [-0.1, -0.05) is 39.3 Å². The van der Waals surface area contributed by atoms with Gasteiger partial charge in [0.25, 0.3) is 0 Å². The van der Waals surface area contributed by atoms with E-state index in [1.54, 1.807) is 6.20 Å². The monoisotopic (exact) mass is 271 g/mol. The molecule has 1 aromatic heterocycles. The minimum Gasteiger partial charge on any atom is -0.317 e. The highest BCUT2D eigenvalue weighted by Gasteiger charge is 2.27. The second kappa shape index (κ2) is 7.15. The molecule has 3 nitrogen and oxygen atoms in total. The van der Waals surface area contributed by atoms with Gasteiger partial charge in [-0.15, -0.1) is 0 Å². The fourth-order valence-corrected chi connectivity index (χ4v) is 2.63. The molecule has 0 fully saturated rings. The summed E-state index contributed by atoms with van der Waals surface area (Å²) in [6.07, 6.45) is 5.10. The molecule has 0 amide bonds. The standard InChI is InChI=1S/C14H26ClN3/c1-5-8-16-9-7-14(3,4)13-12(15)11-17-18(13)10-6-2/h11,16H,5-10H2,1-4H3. The van der Waals surface area contributed by atoms with Gasteiger partial charge in [-0.25, -0.2) is 0 Å². The first kappa shape index (κ1) is 15.5. The SMILES string of the molecule is CCCNCCC(C)(C)c1c(Cl)cnn1CCC. The molecule has 0 atom stereocenters. The molecule has 0 saturated carbocycles. The largest absolute Gasteiger partial charge is 0.317 e. The van der Waals surface area contributed by atoms with E-state index in [9.17, 15) is 0 Å². The van der Waals surface area contributed by atoms with Crippen LogP contribution in [-0.4, -0.2) is 22.9 Å². The van der Waals surface area contributed by atoms with E-state index in [2.05, 4.69) is 42.8 Å². The van der Waals surface area contributed by atoms with Crippen molar-refractivity contribution in [3.05, 3.63) is 16.9 Å². The van der Waals surface area contributed by atoms with E-state index in [1.165, 1.54) is 12.1 Å². The lowest BCUT2D eigenvalue weighted by atomic mass is 9.85. The molecule has 18 heavy (non-hydrogen) atoms. The van der Waals surface area contributed by atoms with Crippen molar-refractivity contribution in [1.82, 2.24) is 15.1 Å². The fourth-order valence-electron chi connectivity index (χ4n) is 2.24. The van der Waals surface area contributed by atoms with E-state index in [-0.39, 0.29) is 5.41 Å². The molecule has 1 heterocycles. The van der Waals surface area contributed by atoms with Gasteiger partial charge < -0.3 is 5.32 Å². The summed E-state index contributed by atoms with van der Waals surface area (Å²) < 4.78 is 2.06. The fraction of sp³-hybridized carbons (Fsp3) is 0.786. The van der Waals surface area contributed by atoms with E-state index in [4.69, 9.17) is 11.6 Å². The predicted molar refractivity (Wildman–Crippen MR) is 78.3 cm³/mol. The van der Waals surface area contributed by atoms with Gasteiger partial charge in [0.1, 0.15) is 0 Å². The molecule has 0 unspecified atom stereocenters. The molecule has 0 aliphatic carbocycles. The van der Waals surface area contributed by atoms with Crippen LogP contribution >= 0.6 is 11.6 Å². The average Bonchev–Trinajstić information content (AvgIpc) is 2.67. The summed E-state index contributed by atoms with van der Waals surface area (Å²) in [5.41, 5.74) is 1.23. The second-order valence-corrected chi connectivity index (χ2v) is 5.86. The molecular formula is C14H26ClN3. The first-order valence-electron chi connectivity index (χ1n) is 6.95. The Hall–Kier alpha value is -0.540. The van der Waals surface area contributed by atoms with Crippen molar-refractivity contribution in [2.75, 3.05) is 13.1 Å². The minimum absolute atomic E-state index is 0.0590. The van der Waals surface area contributed by atoms with Crippen molar-refractivity contribution in [3.63, 3.8) is 0 Å². The summed E-state index contributed by atoms with van der Waals surface area (Å²) in [5.74, 6) is 0. The maximum absolute atomic E-state index is 6.30. The summed E-state index contributed by atoms with van der Waals surface area (Å²) in [6, 6.07) is 0. The molecular weight excluding hydrogens is 246 g/mol. The zero-order valence-corrected chi connectivity index (χ0v) is 12.8. The van der Waals surface area contributed by atoms with Crippen LogP contribution < -0.4 is 5.32 Å². The molecule has 1 rings (SSSR count). The van der Waals surface area contributed by atoms with Gasteiger partial charge in [0.05, 0.1) is 16.9 Å². The van der Waals surface area contributed by atoms with Crippen LogP contribution in [0.3, 0.4) is 0 Å². The summed E-state index contributed by atoms with van der Waals surface area (Å²) in [5, 5.41) is 8.63. The molecule has 4 heteroatoms. The Morgan fingerprint density at radius 2 is 2.00 bits per heavy atom. The quantitative estimate of drug-likeness (QED) is 0.732. The molecule has 0 aliphatic heterocycles. The van der Waals surface area contributed by atoms with Crippen LogP contribution in [0.2, 0.25) is 5.02 Å². The molecule has 0 aliphatic rings. The number of aryl methyl sites for hydroxylation is 1. The Morgan fingerprint density at radius 3 is 2.61 bits per heavy atom. The molecule has 0 bridgehead atoms. The van der Waals surface area contributed by atoms with Crippen LogP contribution in [0.25, 0.3) is 0 Å². The van der Waals surface area contributed by atoms with E-state index >= 15 is 0 Å². The third-order valence-corrected chi connectivity index (χ3v) is 3.50. The first-order chi connectivity index (χ1) is 8.53. The van der Waals surface area contributed by atoms with E-state index in [1.807, 2.05) is 0 Å². The van der Waals surface area contributed by atoms with Crippen molar-refractivity contribution in [1.29, 1.82) is 0 Å². The van der Waals surface area contributed by atoms with Crippen LogP contribution in [0.1, 0.15) is 52.7 Å². The topological polar surface area (TPSA) is 29.9 Å². The van der Waals surface area contributed by atoms with Crippen molar-refractivity contribution in [2.24, 2.45) is 0 Å². The molecule has 1 N–H and O–H groups in total. The molecule has 104 valence electrons. The van der Waals surface area contributed by atoms with Crippen molar-refractivity contribution in [3.8, 4) is 0 Å². The normalized spacial score (nSPS) is 12.1. The van der Waals surface area contributed by atoms with Crippen LogP contribution in [0.4, 0.5) is 0 Å². The lowest BCUT2D eigenvalue weighted by Gasteiger charge is -2.26. The lowest BCUT2D eigenvalue weighted by Crippen LogP contribution is -2.28. The number of hydrogen-bond donors (Lipinski definition) is 1. The Morgan fingerprint density at radius 1 is 1.28 bits per heavy atom. The van der Waals surface area contributed by atoms with Gasteiger partial charge in [-0.3, -0.25) is 4.68 Å². The van der Waals surface area contributed by atoms with Crippen LogP contribution in [0.15, 0.2) is 6.20 Å². The molecule has 0 radical (unpaired) electrons. The van der Waals surface area contributed by atoms with E-state index in [0.29, 0.717) is 0 Å². The van der Waals surface area contributed by atoms with Gasteiger partial charge in [0.15, 0.2) is 0 Å². The minimum atomic E-state index is 0.0590. The smallest absolute Gasteiger partial charge is 0.0823 e. The molecule has 0 saturated heterocycles. The Bertz CT molecular complexity index is 358. The third-order valence-electron chi connectivity index (χ3n) is 3.22. The second-order valence-electron chi connectivity index (χ2n) is 5.45. The highest BCUT2D eigenvalue weighted by atomic mass is 35.5. The van der Waals surface area contributed by atoms with Gasteiger partial charge in [-0.2, -0.15) is 5.10 Å². The van der Waals surface area contributed by atoms with Gasteiger partial charge >= 0.3 is 0 Å². The number of nitrogens with one attached hydrogen (secondary N) is 1. The zero-order chi connectivity index (χ0) is 13.6. The maximum atomic E-state index is 6.30. The number of aromatic nitrogens is 2. The number of rotatable bonds is 8. The molecule has 0 spiro atoms. The van der Waals surface area contributed by atoms with E-state index in [0.717, 1.165) is 37.5 Å². The predicted octanol–water partition coefficient (Wildman–Crippen LogP) is 3.61. The van der Waals surface area contributed by atoms with Crippen LogP contribution in [0.5, 0.6) is 0 Å². The summed E-state index contributed by atoms with van der Waals surface area (Å²) in [6.45, 7) is 11.9. The van der Waals surface area contributed by atoms with Gasteiger partial charge in [0, 0.05) is 12.0 Å². The molecule has 0 aromatic carbocycles. The lowest BCUT2D eigenvalue weighted by molar-refractivity contribution is 0.410. The van der Waals surface area contributed by atoms with Gasteiger partial charge in [-0.05, 0) is 32.4 Å². The maximum Gasteiger partial charge on any atom is 0.0823 e. The number of halogens is 1. The summed E-state index contributed by atoms with van der Waals surface area (Å²) >= 11 is 6.30. The molecule has 1 aromatic rings. The van der Waals surface area contributed by atoms with Crippen molar-refractivity contribution >= 4 is 11.6 Å². The number of nitrogens with zero attached hydrogens (tertiary/aromatic N) is 2. The third kappa shape index (κ3) is 3.99. The van der Waals surface area contributed by atoms with Crippen LogP contribution in [-0.2, 0) is 12.0 Å². The Balaban J connectivity index is 2.73. The van der Waals surface area contributed by atoms with Crippen molar-refractivity contribution < 1.29 is 0 Å². The Kier molecular flexibility index (Phi) is 6.16. The van der Waals surface area contributed by atoms with Gasteiger partial charge in [0.2, 0.25) is 0 Å². The first-order valence-corrected chi connectivity index (χ1v) is 7.33. The van der Waals surface area contributed by atoms with Crippen molar-refractivity contribution in [2.45, 2.75) is 58.9 Å². The number of hydrogen-bond acceptors (Lipinski definition) is 2.